The van der Waals surface area contributed by atoms with E-state index in [1.807, 2.05) is 31.2 Å². The molecule has 1 saturated heterocycles. The van der Waals surface area contributed by atoms with Gasteiger partial charge in [-0.25, -0.2) is 13.2 Å². The maximum Gasteiger partial charge on any atom is 0.419 e. The Morgan fingerprint density at radius 3 is 2.51 bits per heavy atom. The summed E-state index contributed by atoms with van der Waals surface area (Å²) in [5.41, 5.74) is 2.93. The third-order valence-corrected chi connectivity index (χ3v) is 8.27. The molecule has 10 nitrogen and oxygen atoms in total. The molecule has 0 N–H and O–H groups in total. The molecular weight excluding hydrogens is 470 g/mol. The highest BCUT2D eigenvalue weighted by atomic mass is 32.2. The summed E-state index contributed by atoms with van der Waals surface area (Å²) < 4.78 is 39.6. The van der Waals surface area contributed by atoms with Crippen molar-refractivity contribution in [3.05, 3.63) is 64.5 Å². The quantitative estimate of drug-likeness (QED) is 0.382. The van der Waals surface area contributed by atoms with E-state index in [0.717, 1.165) is 18.5 Å². The first-order valence-electron chi connectivity index (χ1n) is 11.5. The lowest BCUT2D eigenvalue weighted by Crippen LogP contribution is -2.48. The molecule has 0 spiro atoms. The molecule has 0 aliphatic carbocycles. The average molecular weight is 498 g/mol. The smallest absolute Gasteiger partial charge is 0.408 e. The van der Waals surface area contributed by atoms with Gasteiger partial charge in [0.25, 0.3) is 0 Å². The van der Waals surface area contributed by atoms with Gasteiger partial charge in [0.2, 0.25) is 21.7 Å². The number of sulfonamides is 1. The van der Waals surface area contributed by atoms with E-state index in [9.17, 15) is 13.2 Å². The van der Waals surface area contributed by atoms with Crippen LogP contribution in [0.5, 0.6) is 0 Å². The van der Waals surface area contributed by atoms with Gasteiger partial charge in [-0.2, -0.15) is 9.29 Å². The van der Waals surface area contributed by atoms with Gasteiger partial charge in [-0.15, -0.1) is 0 Å². The van der Waals surface area contributed by atoms with E-state index in [-0.39, 0.29) is 10.5 Å². The fourth-order valence-corrected chi connectivity index (χ4v) is 5.69. The predicted molar refractivity (Wildman–Crippen MR) is 129 cm³/mol. The normalized spacial score (nSPS) is 15.7. The second kappa shape index (κ2) is 9.40. The number of rotatable bonds is 7. The second-order valence-electron chi connectivity index (χ2n) is 8.78. The molecule has 1 aliphatic rings. The van der Waals surface area contributed by atoms with E-state index in [4.69, 9.17) is 8.94 Å². The molecule has 0 saturated carbocycles. The van der Waals surface area contributed by atoms with Crippen molar-refractivity contribution in [1.29, 1.82) is 0 Å². The van der Waals surface area contributed by atoms with Crippen LogP contribution in [0.1, 0.15) is 17.9 Å². The first kappa shape index (κ1) is 23.5. The molecule has 184 valence electrons. The van der Waals surface area contributed by atoms with Crippen LogP contribution in [0.2, 0.25) is 0 Å². The minimum atomic E-state index is -3.67. The Morgan fingerprint density at radius 2 is 1.77 bits per heavy atom. The van der Waals surface area contributed by atoms with Crippen molar-refractivity contribution in [1.82, 2.24) is 23.9 Å². The number of fused-ring (bicyclic) bond motifs is 1. The van der Waals surface area contributed by atoms with E-state index in [1.165, 1.54) is 26.6 Å². The second-order valence-corrected chi connectivity index (χ2v) is 10.7. The van der Waals surface area contributed by atoms with E-state index >= 15 is 0 Å². The molecule has 35 heavy (non-hydrogen) atoms. The van der Waals surface area contributed by atoms with Gasteiger partial charge >= 0.3 is 5.76 Å². The zero-order chi connectivity index (χ0) is 24.6. The number of benzene rings is 2. The zero-order valence-corrected chi connectivity index (χ0v) is 20.5. The van der Waals surface area contributed by atoms with Crippen LogP contribution in [-0.2, 0) is 23.5 Å². The first-order valence-corrected chi connectivity index (χ1v) is 13.0. The summed E-state index contributed by atoms with van der Waals surface area (Å²) in [4.78, 5) is 18.6. The van der Waals surface area contributed by atoms with Crippen molar-refractivity contribution < 1.29 is 17.4 Å². The summed E-state index contributed by atoms with van der Waals surface area (Å²) in [6.45, 7) is 4.93. The third kappa shape index (κ3) is 4.79. The highest BCUT2D eigenvalue weighted by molar-refractivity contribution is 7.89. The van der Waals surface area contributed by atoms with Crippen LogP contribution in [-0.4, -0.2) is 65.1 Å². The summed E-state index contributed by atoms with van der Waals surface area (Å²) in [6.07, 6.45) is 1.51. The molecule has 5 rings (SSSR count). The molecule has 0 radical (unpaired) electrons. The lowest BCUT2D eigenvalue weighted by Gasteiger charge is -2.33. The molecular formula is C24H27N5O5S. The maximum absolute atomic E-state index is 13.1. The van der Waals surface area contributed by atoms with Crippen LogP contribution < -0.4 is 5.76 Å². The van der Waals surface area contributed by atoms with Crippen molar-refractivity contribution >= 4 is 21.1 Å². The minimum Gasteiger partial charge on any atom is -0.408 e. The molecule has 11 heteroatoms. The van der Waals surface area contributed by atoms with Gasteiger partial charge in [0, 0.05) is 51.3 Å². The van der Waals surface area contributed by atoms with E-state index in [1.54, 1.807) is 13.1 Å². The SMILES string of the molecule is Cc1ccc(-c2noc(CCCN3CCN(S(=O)(=O)c4ccc5c(c4)oc(=O)n5C)CC3)n2)cc1. The Balaban J connectivity index is 1.14. The van der Waals surface area contributed by atoms with Gasteiger partial charge in [-0.3, -0.25) is 4.57 Å². The molecule has 2 aromatic heterocycles. The molecule has 0 bridgehead atoms. The molecule has 3 heterocycles. The number of nitrogens with zero attached hydrogens (tertiary/aromatic N) is 5. The van der Waals surface area contributed by atoms with Crippen LogP contribution in [0.25, 0.3) is 22.5 Å². The van der Waals surface area contributed by atoms with E-state index in [2.05, 4.69) is 15.0 Å². The van der Waals surface area contributed by atoms with E-state index in [0.29, 0.717) is 49.8 Å². The Hall–Kier alpha value is -3.28. The Bertz CT molecular complexity index is 1500. The molecule has 4 aromatic rings. The van der Waals surface area contributed by atoms with Gasteiger partial charge in [0.1, 0.15) is 0 Å². The maximum atomic E-state index is 13.1. The van der Waals surface area contributed by atoms with Crippen LogP contribution in [0.15, 0.2) is 61.1 Å². The largest absolute Gasteiger partial charge is 0.419 e. The van der Waals surface area contributed by atoms with Gasteiger partial charge in [-0.05, 0) is 32.0 Å². The number of hydrogen-bond acceptors (Lipinski definition) is 8. The first-order chi connectivity index (χ1) is 16.8. The molecule has 0 amide bonds. The zero-order valence-electron chi connectivity index (χ0n) is 19.7. The number of hydrogen-bond donors (Lipinski definition) is 0. The molecule has 0 unspecified atom stereocenters. The third-order valence-electron chi connectivity index (χ3n) is 6.38. The highest BCUT2D eigenvalue weighted by Gasteiger charge is 2.29. The van der Waals surface area contributed by atoms with Crippen LogP contribution >= 0.6 is 0 Å². The molecule has 1 fully saturated rings. The van der Waals surface area contributed by atoms with Crippen molar-refractivity contribution in [2.45, 2.75) is 24.7 Å². The summed E-state index contributed by atoms with van der Waals surface area (Å²) in [7, 11) is -2.08. The summed E-state index contributed by atoms with van der Waals surface area (Å²) in [5.74, 6) is 0.673. The monoisotopic (exact) mass is 497 g/mol. The Labute approximate surface area is 202 Å². The highest BCUT2D eigenvalue weighted by Crippen LogP contribution is 2.22. The van der Waals surface area contributed by atoms with Gasteiger partial charge in [0.05, 0.1) is 10.4 Å². The predicted octanol–water partition coefficient (Wildman–Crippen LogP) is 2.43. The van der Waals surface area contributed by atoms with Crippen molar-refractivity contribution in [2.24, 2.45) is 7.05 Å². The Morgan fingerprint density at radius 1 is 1.03 bits per heavy atom. The summed E-state index contributed by atoms with van der Waals surface area (Å²) in [6, 6.07) is 12.5. The summed E-state index contributed by atoms with van der Waals surface area (Å²) in [5, 5.41) is 4.07. The topological polar surface area (TPSA) is 115 Å². The molecule has 0 atom stereocenters. The number of aryl methyl sites for hydroxylation is 3. The van der Waals surface area contributed by atoms with E-state index < -0.39 is 15.8 Å². The van der Waals surface area contributed by atoms with Crippen LogP contribution in [0.4, 0.5) is 0 Å². The minimum absolute atomic E-state index is 0.133. The van der Waals surface area contributed by atoms with Crippen molar-refractivity contribution in [3.8, 4) is 11.4 Å². The summed E-state index contributed by atoms with van der Waals surface area (Å²) >= 11 is 0. The van der Waals surface area contributed by atoms with Crippen LogP contribution in [0.3, 0.4) is 0 Å². The van der Waals surface area contributed by atoms with Gasteiger partial charge in [0.15, 0.2) is 5.58 Å². The van der Waals surface area contributed by atoms with Crippen molar-refractivity contribution in [2.75, 3.05) is 32.7 Å². The fraction of sp³-hybridized carbons (Fsp3) is 0.375. The van der Waals surface area contributed by atoms with Crippen molar-refractivity contribution in [3.63, 3.8) is 0 Å². The standard InChI is InChI=1S/C24H27N5O5S/c1-17-5-7-18(8-6-17)23-25-22(34-26-23)4-3-11-28-12-14-29(15-13-28)35(31,32)19-9-10-20-21(16-19)33-24(30)27(20)2/h5-10,16H,3-4,11-15H2,1-2H3. The number of oxazole rings is 1. The lowest BCUT2D eigenvalue weighted by atomic mass is 10.1. The fourth-order valence-electron chi connectivity index (χ4n) is 4.25. The lowest BCUT2D eigenvalue weighted by molar-refractivity contribution is 0.185. The number of aromatic nitrogens is 3. The average Bonchev–Trinajstić information content (AvgIpc) is 3.44. The van der Waals surface area contributed by atoms with Crippen LogP contribution in [0, 0.1) is 6.92 Å². The Kier molecular flexibility index (Phi) is 6.30. The van der Waals surface area contributed by atoms with Gasteiger partial charge < -0.3 is 13.8 Å². The molecule has 1 aliphatic heterocycles. The molecule has 2 aromatic carbocycles. The van der Waals surface area contributed by atoms with Gasteiger partial charge in [-0.1, -0.05) is 35.0 Å². The number of piperazine rings is 1.